The molecule has 0 radical (unpaired) electrons. The van der Waals surface area contributed by atoms with Crippen molar-refractivity contribution in [3.63, 3.8) is 0 Å². The van der Waals surface area contributed by atoms with Gasteiger partial charge in [0, 0.05) is 5.56 Å². The molecule has 3 nitrogen and oxygen atoms in total. The topological polar surface area (TPSA) is 46.5 Å². The van der Waals surface area contributed by atoms with Gasteiger partial charge in [-0.15, -0.1) is 0 Å². The molecular formula is C17H18O3. The molecule has 0 aliphatic rings. The lowest BCUT2D eigenvalue weighted by Gasteiger charge is -2.22. The van der Waals surface area contributed by atoms with Gasteiger partial charge in [0.05, 0.1) is 5.56 Å². The van der Waals surface area contributed by atoms with Gasteiger partial charge in [-0.25, -0.2) is 4.79 Å². The number of aromatic hydroxyl groups is 1. The monoisotopic (exact) mass is 270 g/mol. The number of hydrogen-bond donors (Lipinski definition) is 1. The Hall–Kier alpha value is -2.29. The van der Waals surface area contributed by atoms with Gasteiger partial charge in [0.25, 0.3) is 0 Å². The van der Waals surface area contributed by atoms with Gasteiger partial charge in [-0.05, 0) is 35.7 Å². The second-order valence-electron chi connectivity index (χ2n) is 5.68. The fourth-order valence-electron chi connectivity index (χ4n) is 1.93. The first-order chi connectivity index (χ1) is 9.38. The van der Waals surface area contributed by atoms with E-state index < -0.39 is 5.97 Å². The highest BCUT2D eigenvalue weighted by atomic mass is 16.5. The summed E-state index contributed by atoms with van der Waals surface area (Å²) in [5, 5.41) is 9.23. The molecule has 0 saturated heterocycles. The minimum Gasteiger partial charge on any atom is -0.508 e. The first kappa shape index (κ1) is 14.1. The van der Waals surface area contributed by atoms with Crippen LogP contribution in [0.3, 0.4) is 0 Å². The third-order valence-electron chi connectivity index (χ3n) is 3.00. The summed E-state index contributed by atoms with van der Waals surface area (Å²) in [7, 11) is 0. The largest absolute Gasteiger partial charge is 0.508 e. The number of hydrogen-bond acceptors (Lipinski definition) is 3. The van der Waals surface area contributed by atoms with Gasteiger partial charge in [-0.3, -0.25) is 0 Å². The Morgan fingerprint density at radius 3 is 2.20 bits per heavy atom. The number of carbonyl (C=O) groups is 1. The van der Waals surface area contributed by atoms with Crippen LogP contribution >= 0.6 is 0 Å². The molecule has 0 aliphatic carbocycles. The van der Waals surface area contributed by atoms with Crippen LogP contribution in [0.2, 0.25) is 0 Å². The Labute approximate surface area is 118 Å². The maximum absolute atomic E-state index is 12.1. The molecule has 0 aliphatic heterocycles. The Morgan fingerprint density at radius 2 is 1.60 bits per heavy atom. The molecule has 0 saturated carbocycles. The van der Waals surface area contributed by atoms with Crippen molar-refractivity contribution in [3.8, 4) is 11.5 Å². The molecule has 0 unspecified atom stereocenters. The SMILES string of the molecule is CC(C)(C)c1ccccc1OC(=O)c1ccc(O)cc1. The zero-order valence-corrected chi connectivity index (χ0v) is 11.9. The number of benzene rings is 2. The van der Waals surface area contributed by atoms with Crippen molar-refractivity contribution < 1.29 is 14.6 Å². The number of carbonyl (C=O) groups excluding carboxylic acids is 1. The van der Waals surface area contributed by atoms with Gasteiger partial charge in [0.1, 0.15) is 11.5 Å². The fraction of sp³-hybridized carbons (Fsp3) is 0.235. The van der Waals surface area contributed by atoms with E-state index in [9.17, 15) is 9.90 Å². The minimum absolute atomic E-state index is 0.105. The van der Waals surface area contributed by atoms with Crippen molar-refractivity contribution in [2.75, 3.05) is 0 Å². The summed E-state index contributed by atoms with van der Waals surface area (Å²) in [6.45, 7) is 6.21. The van der Waals surface area contributed by atoms with Crippen molar-refractivity contribution in [3.05, 3.63) is 59.7 Å². The highest BCUT2D eigenvalue weighted by Crippen LogP contribution is 2.31. The van der Waals surface area contributed by atoms with Gasteiger partial charge >= 0.3 is 5.97 Å². The summed E-state index contributed by atoms with van der Waals surface area (Å²) in [4.78, 5) is 12.1. The molecule has 1 N–H and O–H groups in total. The van der Waals surface area contributed by atoms with Gasteiger partial charge in [-0.1, -0.05) is 39.0 Å². The molecule has 2 aromatic carbocycles. The lowest BCUT2D eigenvalue weighted by atomic mass is 9.86. The molecule has 104 valence electrons. The summed E-state index contributed by atoms with van der Waals surface area (Å²) in [6, 6.07) is 13.5. The van der Waals surface area contributed by atoms with Gasteiger partial charge in [0.2, 0.25) is 0 Å². The Bertz CT molecular complexity index is 607. The molecule has 0 aromatic heterocycles. The van der Waals surface area contributed by atoms with E-state index >= 15 is 0 Å². The van der Waals surface area contributed by atoms with Crippen LogP contribution in [0, 0.1) is 0 Å². The Morgan fingerprint density at radius 1 is 1.00 bits per heavy atom. The number of phenols is 1. The molecule has 3 heteroatoms. The van der Waals surface area contributed by atoms with E-state index in [0.29, 0.717) is 11.3 Å². The van der Waals surface area contributed by atoms with E-state index in [4.69, 9.17) is 4.74 Å². The zero-order valence-electron chi connectivity index (χ0n) is 11.9. The third-order valence-corrected chi connectivity index (χ3v) is 3.00. The standard InChI is InChI=1S/C17H18O3/c1-17(2,3)14-6-4-5-7-15(14)20-16(19)12-8-10-13(18)11-9-12/h4-11,18H,1-3H3. The lowest BCUT2D eigenvalue weighted by Crippen LogP contribution is -2.16. The average Bonchev–Trinajstić information content (AvgIpc) is 2.38. The first-order valence-electron chi connectivity index (χ1n) is 6.48. The predicted octanol–water partition coefficient (Wildman–Crippen LogP) is 3.91. The normalized spacial score (nSPS) is 11.2. The van der Waals surface area contributed by atoms with E-state index in [1.807, 2.05) is 18.2 Å². The second kappa shape index (κ2) is 5.37. The number of para-hydroxylation sites is 1. The van der Waals surface area contributed by atoms with E-state index in [1.54, 1.807) is 6.07 Å². The van der Waals surface area contributed by atoms with Gasteiger partial charge in [-0.2, -0.15) is 0 Å². The van der Waals surface area contributed by atoms with E-state index in [1.165, 1.54) is 24.3 Å². The van der Waals surface area contributed by atoms with Crippen molar-refractivity contribution in [2.45, 2.75) is 26.2 Å². The molecule has 0 atom stereocenters. The van der Waals surface area contributed by atoms with Crippen molar-refractivity contribution in [2.24, 2.45) is 0 Å². The van der Waals surface area contributed by atoms with E-state index in [-0.39, 0.29) is 11.2 Å². The molecule has 0 amide bonds. The Kier molecular flexibility index (Phi) is 3.79. The summed E-state index contributed by atoms with van der Waals surface area (Å²) in [6.07, 6.45) is 0. The van der Waals surface area contributed by atoms with Gasteiger partial charge < -0.3 is 9.84 Å². The molecule has 0 heterocycles. The van der Waals surface area contributed by atoms with Crippen molar-refractivity contribution in [1.82, 2.24) is 0 Å². The smallest absolute Gasteiger partial charge is 0.343 e. The predicted molar refractivity (Wildman–Crippen MR) is 78.2 cm³/mol. The van der Waals surface area contributed by atoms with Crippen LogP contribution in [-0.2, 0) is 5.41 Å². The van der Waals surface area contributed by atoms with Crippen LogP contribution in [0.25, 0.3) is 0 Å². The second-order valence-corrected chi connectivity index (χ2v) is 5.68. The van der Waals surface area contributed by atoms with Crippen LogP contribution in [0.4, 0.5) is 0 Å². The average molecular weight is 270 g/mol. The van der Waals surface area contributed by atoms with Crippen molar-refractivity contribution >= 4 is 5.97 Å². The number of ether oxygens (including phenoxy) is 1. The third kappa shape index (κ3) is 3.18. The first-order valence-corrected chi connectivity index (χ1v) is 6.48. The van der Waals surface area contributed by atoms with Crippen LogP contribution in [0.15, 0.2) is 48.5 Å². The Balaban J connectivity index is 2.26. The minimum atomic E-state index is -0.429. The maximum atomic E-state index is 12.1. The van der Waals surface area contributed by atoms with Crippen LogP contribution in [0.5, 0.6) is 11.5 Å². The number of phenolic OH excluding ortho intramolecular Hbond substituents is 1. The molecule has 0 bridgehead atoms. The molecule has 2 rings (SSSR count). The zero-order chi connectivity index (χ0) is 14.8. The van der Waals surface area contributed by atoms with Gasteiger partial charge in [0.15, 0.2) is 0 Å². The fourth-order valence-corrected chi connectivity index (χ4v) is 1.93. The number of rotatable bonds is 2. The summed E-state index contributed by atoms with van der Waals surface area (Å²) >= 11 is 0. The molecule has 0 spiro atoms. The highest BCUT2D eigenvalue weighted by Gasteiger charge is 2.20. The molecular weight excluding hydrogens is 252 g/mol. The maximum Gasteiger partial charge on any atom is 0.343 e. The number of esters is 1. The summed E-state index contributed by atoms with van der Waals surface area (Å²) in [5.74, 6) is 0.261. The molecule has 20 heavy (non-hydrogen) atoms. The van der Waals surface area contributed by atoms with E-state index in [2.05, 4.69) is 20.8 Å². The van der Waals surface area contributed by atoms with Crippen LogP contribution < -0.4 is 4.74 Å². The highest BCUT2D eigenvalue weighted by molar-refractivity contribution is 5.91. The lowest BCUT2D eigenvalue weighted by molar-refractivity contribution is 0.0732. The molecule has 2 aromatic rings. The quantitative estimate of drug-likeness (QED) is 0.664. The summed E-state index contributed by atoms with van der Waals surface area (Å²) < 4.78 is 5.48. The van der Waals surface area contributed by atoms with E-state index in [0.717, 1.165) is 5.56 Å². The van der Waals surface area contributed by atoms with Crippen molar-refractivity contribution in [1.29, 1.82) is 0 Å². The van der Waals surface area contributed by atoms with Crippen LogP contribution in [-0.4, -0.2) is 11.1 Å². The molecule has 0 fully saturated rings. The summed E-state index contributed by atoms with van der Waals surface area (Å²) in [5.41, 5.74) is 1.28. The van der Waals surface area contributed by atoms with Crippen LogP contribution in [0.1, 0.15) is 36.7 Å².